The highest BCUT2D eigenvalue weighted by molar-refractivity contribution is 5.92. The Morgan fingerprint density at radius 3 is 2.62 bits per heavy atom. The Labute approximate surface area is 191 Å². The minimum Gasteiger partial charge on any atom is -0.494 e. The number of hydrogen-bond donors (Lipinski definition) is 1. The smallest absolute Gasteiger partial charge is 0.246 e. The van der Waals surface area contributed by atoms with E-state index in [2.05, 4.69) is 60.6 Å². The Morgan fingerprint density at radius 2 is 1.91 bits per heavy atom. The van der Waals surface area contributed by atoms with E-state index < -0.39 is 0 Å². The number of unbranched alkanes of at least 4 members (excludes halogenated alkanes) is 1. The van der Waals surface area contributed by atoms with Gasteiger partial charge in [0.1, 0.15) is 11.6 Å². The van der Waals surface area contributed by atoms with Gasteiger partial charge in [-0.2, -0.15) is 0 Å². The molecule has 5 heteroatoms. The first-order valence-corrected chi connectivity index (χ1v) is 11.6. The molecule has 170 valence electrons. The number of carbonyl (C=O) groups excluding carboxylic acids is 1. The molecular formula is C27H35N3O2. The summed E-state index contributed by atoms with van der Waals surface area (Å²) >= 11 is 0. The molecular weight excluding hydrogens is 398 g/mol. The summed E-state index contributed by atoms with van der Waals surface area (Å²) in [4.78, 5) is 16.6. The van der Waals surface area contributed by atoms with Gasteiger partial charge in [0.05, 0.1) is 17.6 Å². The molecule has 1 unspecified atom stereocenters. The van der Waals surface area contributed by atoms with Crippen molar-refractivity contribution in [1.82, 2.24) is 14.9 Å². The van der Waals surface area contributed by atoms with Gasteiger partial charge in [0.15, 0.2) is 0 Å². The molecule has 0 saturated heterocycles. The number of carbonyl (C=O) groups is 1. The number of amides is 1. The Balaban J connectivity index is 1.52. The third-order valence-corrected chi connectivity index (χ3v) is 5.86. The molecule has 0 spiro atoms. The predicted molar refractivity (Wildman–Crippen MR) is 131 cm³/mol. The lowest BCUT2D eigenvalue weighted by Crippen LogP contribution is -2.26. The molecule has 1 aromatic heterocycles. The summed E-state index contributed by atoms with van der Waals surface area (Å²) in [5.41, 5.74) is 4.01. The fourth-order valence-corrected chi connectivity index (χ4v) is 3.69. The average Bonchev–Trinajstić information content (AvgIpc) is 3.16. The number of benzene rings is 2. The van der Waals surface area contributed by atoms with Crippen molar-refractivity contribution >= 4 is 16.9 Å². The van der Waals surface area contributed by atoms with E-state index in [1.807, 2.05) is 18.2 Å². The van der Waals surface area contributed by atoms with Crippen molar-refractivity contribution in [1.29, 1.82) is 0 Å². The molecule has 0 aliphatic heterocycles. The number of para-hydroxylation sites is 2. The van der Waals surface area contributed by atoms with E-state index in [1.54, 1.807) is 6.92 Å². The van der Waals surface area contributed by atoms with Crippen LogP contribution >= 0.6 is 0 Å². The van der Waals surface area contributed by atoms with Crippen LogP contribution in [0, 0.1) is 0 Å². The van der Waals surface area contributed by atoms with Crippen molar-refractivity contribution in [3.8, 4) is 5.75 Å². The molecule has 1 N–H and O–H groups in total. The number of aromatic nitrogens is 2. The maximum absolute atomic E-state index is 11.8. The lowest BCUT2D eigenvalue weighted by atomic mass is 9.99. The Kier molecular flexibility index (Phi) is 8.48. The van der Waals surface area contributed by atoms with Crippen LogP contribution in [0.2, 0.25) is 0 Å². The normalized spacial score (nSPS) is 12.0. The zero-order chi connectivity index (χ0) is 22.9. The minimum absolute atomic E-state index is 0.109. The second-order valence-electron chi connectivity index (χ2n) is 8.39. The summed E-state index contributed by atoms with van der Waals surface area (Å²) in [6, 6.07) is 16.7. The monoisotopic (exact) mass is 433 g/mol. The van der Waals surface area contributed by atoms with E-state index in [0.29, 0.717) is 31.1 Å². The summed E-state index contributed by atoms with van der Waals surface area (Å²) in [6.07, 6.45) is 3.79. The second kappa shape index (κ2) is 11.5. The molecule has 0 radical (unpaired) electrons. The molecule has 1 atom stereocenters. The van der Waals surface area contributed by atoms with Crippen molar-refractivity contribution < 1.29 is 9.53 Å². The van der Waals surface area contributed by atoms with Crippen LogP contribution in [0.25, 0.3) is 11.0 Å². The van der Waals surface area contributed by atoms with Gasteiger partial charge in [-0.25, -0.2) is 4.98 Å². The van der Waals surface area contributed by atoms with Gasteiger partial charge < -0.3 is 14.6 Å². The fourth-order valence-electron chi connectivity index (χ4n) is 3.69. The summed E-state index contributed by atoms with van der Waals surface area (Å²) in [5, 5.41) is 2.90. The number of imidazole rings is 1. The van der Waals surface area contributed by atoms with Gasteiger partial charge in [-0.1, -0.05) is 44.7 Å². The molecule has 2 aromatic carbocycles. The number of nitrogens with one attached hydrogen (secondary N) is 1. The number of rotatable bonds is 12. The molecule has 1 amide bonds. The van der Waals surface area contributed by atoms with Gasteiger partial charge in [0.25, 0.3) is 0 Å². The SMILES string of the molecule is C=C(C)C(=O)NCCc1nc2ccccc2n1CCCCOc1ccc(C(C)CC)cc1. The fraction of sp³-hybridized carbons (Fsp3) is 0.407. The van der Waals surface area contributed by atoms with Gasteiger partial charge in [0, 0.05) is 25.1 Å². The third-order valence-electron chi connectivity index (χ3n) is 5.86. The van der Waals surface area contributed by atoms with Crippen molar-refractivity contribution in [2.45, 2.75) is 58.9 Å². The van der Waals surface area contributed by atoms with Gasteiger partial charge in [-0.05, 0) is 61.9 Å². The number of ether oxygens (including phenoxy) is 1. The molecule has 1 heterocycles. The quantitative estimate of drug-likeness (QED) is 0.297. The van der Waals surface area contributed by atoms with E-state index in [1.165, 1.54) is 5.56 Å². The minimum atomic E-state index is -0.109. The van der Waals surface area contributed by atoms with Crippen LogP contribution in [0.1, 0.15) is 57.3 Å². The molecule has 0 aliphatic carbocycles. The molecule has 0 saturated carbocycles. The Bertz CT molecular complexity index is 1040. The van der Waals surface area contributed by atoms with E-state index >= 15 is 0 Å². The highest BCUT2D eigenvalue weighted by Crippen LogP contribution is 2.22. The summed E-state index contributed by atoms with van der Waals surface area (Å²) in [5.74, 6) is 2.40. The molecule has 3 aromatic rings. The first-order chi connectivity index (χ1) is 15.5. The molecule has 0 bridgehead atoms. The summed E-state index contributed by atoms with van der Waals surface area (Å²) in [7, 11) is 0. The first-order valence-electron chi connectivity index (χ1n) is 11.6. The highest BCUT2D eigenvalue weighted by Gasteiger charge is 2.11. The second-order valence-corrected chi connectivity index (χ2v) is 8.39. The molecule has 0 aliphatic rings. The maximum Gasteiger partial charge on any atom is 0.246 e. The topological polar surface area (TPSA) is 56.2 Å². The van der Waals surface area contributed by atoms with Crippen molar-refractivity contribution in [2.75, 3.05) is 13.2 Å². The molecule has 32 heavy (non-hydrogen) atoms. The van der Waals surface area contributed by atoms with Gasteiger partial charge in [0.2, 0.25) is 5.91 Å². The van der Waals surface area contributed by atoms with Gasteiger partial charge >= 0.3 is 0 Å². The predicted octanol–water partition coefficient (Wildman–Crippen LogP) is 5.64. The molecule has 5 nitrogen and oxygen atoms in total. The van der Waals surface area contributed by atoms with E-state index in [0.717, 1.165) is 48.4 Å². The summed E-state index contributed by atoms with van der Waals surface area (Å²) in [6.45, 7) is 12.0. The Morgan fingerprint density at radius 1 is 1.16 bits per heavy atom. The van der Waals surface area contributed by atoms with Crippen LogP contribution in [0.4, 0.5) is 0 Å². The van der Waals surface area contributed by atoms with Gasteiger partial charge in [-0.15, -0.1) is 0 Å². The standard InChI is InChI=1S/C27H35N3O2/c1-5-21(4)22-12-14-23(15-13-22)32-19-9-8-18-30-25-11-7-6-10-24(25)29-26(30)16-17-28-27(31)20(2)3/h6-7,10-15,21H,2,5,8-9,16-19H2,1,3-4H3,(H,28,31). The zero-order valence-corrected chi connectivity index (χ0v) is 19.6. The number of fused-ring (bicyclic) bond motifs is 1. The van der Waals surface area contributed by atoms with Crippen LogP contribution < -0.4 is 10.1 Å². The molecule has 0 fully saturated rings. The van der Waals surface area contributed by atoms with E-state index in [9.17, 15) is 4.79 Å². The van der Waals surface area contributed by atoms with E-state index in [4.69, 9.17) is 9.72 Å². The Hall–Kier alpha value is -3.08. The van der Waals surface area contributed by atoms with Crippen LogP contribution in [-0.2, 0) is 17.8 Å². The van der Waals surface area contributed by atoms with Crippen LogP contribution in [0.3, 0.4) is 0 Å². The van der Waals surface area contributed by atoms with Crippen molar-refractivity contribution in [3.63, 3.8) is 0 Å². The van der Waals surface area contributed by atoms with Gasteiger partial charge in [-0.3, -0.25) is 4.79 Å². The average molecular weight is 434 g/mol. The van der Waals surface area contributed by atoms with Crippen LogP contribution in [-0.4, -0.2) is 28.6 Å². The molecule has 3 rings (SSSR count). The van der Waals surface area contributed by atoms with Crippen molar-refractivity contribution in [2.24, 2.45) is 0 Å². The van der Waals surface area contributed by atoms with Crippen molar-refractivity contribution in [3.05, 3.63) is 72.1 Å². The number of nitrogens with zero attached hydrogens (tertiary/aromatic N) is 2. The first kappa shape index (κ1) is 23.6. The lowest BCUT2D eigenvalue weighted by Gasteiger charge is -2.12. The maximum atomic E-state index is 11.8. The van der Waals surface area contributed by atoms with E-state index in [-0.39, 0.29) is 5.91 Å². The number of hydrogen-bond acceptors (Lipinski definition) is 3. The third kappa shape index (κ3) is 6.22. The zero-order valence-electron chi connectivity index (χ0n) is 19.6. The number of aryl methyl sites for hydroxylation is 1. The summed E-state index contributed by atoms with van der Waals surface area (Å²) < 4.78 is 8.21. The highest BCUT2D eigenvalue weighted by atomic mass is 16.5. The lowest BCUT2D eigenvalue weighted by molar-refractivity contribution is -0.117. The van der Waals surface area contributed by atoms with Crippen LogP contribution in [0.15, 0.2) is 60.7 Å². The van der Waals surface area contributed by atoms with Crippen LogP contribution in [0.5, 0.6) is 5.75 Å². The largest absolute Gasteiger partial charge is 0.494 e.